The van der Waals surface area contributed by atoms with Gasteiger partial charge in [-0.05, 0) is 18.6 Å². The Labute approximate surface area is 148 Å². The summed E-state index contributed by atoms with van der Waals surface area (Å²) in [5, 5.41) is 11.0. The molecule has 0 fully saturated rings. The molecule has 2 heterocycles. The maximum atomic E-state index is 12.7. The van der Waals surface area contributed by atoms with E-state index in [0.717, 1.165) is 18.8 Å². The van der Waals surface area contributed by atoms with Crippen molar-refractivity contribution in [2.75, 3.05) is 25.0 Å². The Morgan fingerprint density at radius 1 is 1.36 bits per heavy atom. The van der Waals surface area contributed by atoms with E-state index in [4.69, 9.17) is 0 Å². The summed E-state index contributed by atoms with van der Waals surface area (Å²) in [6.45, 7) is 6.82. The number of amides is 2. The average molecular weight is 342 g/mol. The number of urea groups is 1. The van der Waals surface area contributed by atoms with Crippen LogP contribution in [0.1, 0.15) is 25.2 Å². The van der Waals surface area contributed by atoms with Gasteiger partial charge in [-0.1, -0.05) is 25.1 Å². The molecular weight excluding hydrogens is 316 g/mol. The van der Waals surface area contributed by atoms with Gasteiger partial charge in [-0.25, -0.2) is 4.79 Å². The van der Waals surface area contributed by atoms with Gasteiger partial charge in [0.2, 0.25) is 0 Å². The number of fused-ring (bicyclic) bond motifs is 1. The van der Waals surface area contributed by atoms with E-state index >= 15 is 0 Å². The van der Waals surface area contributed by atoms with Gasteiger partial charge in [-0.3, -0.25) is 0 Å². The molecule has 25 heavy (non-hydrogen) atoms. The molecule has 0 spiro atoms. The van der Waals surface area contributed by atoms with Crippen molar-refractivity contribution in [3.05, 3.63) is 42.0 Å². The summed E-state index contributed by atoms with van der Waals surface area (Å²) in [7, 11) is 2.08. The Morgan fingerprint density at radius 2 is 2.16 bits per heavy atom. The molecule has 1 atom stereocenters. The van der Waals surface area contributed by atoms with Gasteiger partial charge in [-0.2, -0.15) is 0 Å². The number of anilines is 1. The van der Waals surface area contributed by atoms with Crippen molar-refractivity contribution in [3.63, 3.8) is 0 Å². The predicted molar refractivity (Wildman–Crippen MR) is 97.5 cm³/mol. The van der Waals surface area contributed by atoms with Crippen molar-refractivity contribution >= 4 is 11.7 Å². The zero-order valence-electron chi connectivity index (χ0n) is 15.1. The van der Waals surface area contributed by atoms with Crippen molar-refractivity contribution in [2.45, 2.75) is 39.4 Å². The minimum absolute atomic E-state index is 0.0243. The van der Waals surface area contributed by atoms with Gasteiger partial charge in [-0.15, -0.1) is 10.2 Å². The summed E-state index contributed by atoms with van der Waals surface area (Å²) in [5.74, 6) is 0.938. The van der Waals surface area contributed by atoms with Crippen LogP contribution in [-0.2, 0) is 19.5 Å². The molecule has 1 aromatic carbocycles. The second-order valence-electron chi connectivity index (χ2n) is 6.51. The highest BCUT2D eigenvalue weighted by Crippen LogP contribution is 2.25. The standard InChI is InChI=1S/C18H26N6O/c1-4-17-21-20-13-23(17)10-9-19-18(25)24-12-15-7-5-6-8-16(15)22(3)11-14(24)2/h5-8,13-14H,4,9-12H2,1-3H3,(H,19,25)/t14-/m1/s1. The molecule has 0 bridgehead atoms. The molecule has 1 aliphatic rings. The van der Waals surface area contributed by atoms with Crippen molar-refractivity contribution in [1.29, 1.82) is 0 Å². The first-order chi connectivity index (χ1) is 12.1. The summed E-state index contributed by atoms with van der Waals surface area (Å²) in [6.07, 6.45) is 2.55. The highest BCUT2D eigenvalue weighted by molar-refractivity contribution is 5.75. The highest BCUT2D eigenvalue weighted by atomic mass is 16.2. The fourth-order valence-corrected chi connectivity index (χ4v) is 3.35. The molecule has 134 valence electrons. The second kappa shape index (κ2) is 7.55. The summed E-state index contributed by atoms with van der Waals surface area (Å²) in [5.41, 5.74) is 2.37. The fraction of sp³-hybridized carbons (Fsp3) is 0.500. The van der Waals surface area contributed by atoms with Gasteiger partial charge in [0, 0.05) is 51.4 Å². The van der Waals surface area contributed by atoms with Crippen molar-refractivity contribution in [3.8, 4) is 0 Å². The first kappa shape index (κ1) is 17.3. The number of aryl methyl sites for hydroxylation is 1. The van der Waals surface area contributed by atoms with E-state index in [1.54, 1.807) is 6.33 Å². The van der Waals surface area contributed by atoms with Gasteiger partial charge in [0.25, 0.3) is 0 Å². The summed E-state index contributed by atoms with van der Waals surface area (Å²) >= 11 is 0. The number of nitrogens with one attached hydrogen (secondary N) is 1. The van der Waals surface area contributed by atoms with E-state index in [-0.39, 0.29) is 12.1 Å². The third kappa shape index (κ3) is 3.75. The number of hydrogen-bond acceptors (Lipinski definition) is 4. The van der Waals surface area contributed by atoms with Gasteiger partial charge < -0.3 is 19.7 Å². The third-order valence-corrected chi connectivity index (χ3v) is 4.72. The van der Waals surface area contributed by atoms with E-state index in [2.05, 4.69) is 46.5 Å². The number of rotatable bonds is 4. The van der Waals surface area contributed by atoms with Crippen LogP contribution in [0.15, 0.2) is 30.6 Å². The molecule has 0 saturated heterocycles. The van der Waals surface area contributed by atoms with Crippen molar-refractivity contribution < 1.29 is 4.79 Å². The van der Waals surface area contributed by atoms with E-state index in [1.165, 1.54) is 11.3 Å². The van der Waals surface area contributed by atoms with Crippen LogP contribution < -0.4 is 10.2 Å². The lowest BCUT2D eigenvalue weighted by Gasteiger charge is -2.28. The average Bonchev–Trinajstić information content (AvgIpc) is 3.02. The minimum atomic E-state index is -0.0243. The monoisotopic (exact) mass is 342 g/mol. The maximum absolute atomic E-state index is 12.7. The normalized spacial score (nSPS) is 17.2. The maximum Gasteiger partial charge on any atom is 0.318 e. The van der Waals surface area contributed by atoms with Gasteiger partial charge in [0.05, 0.1) is 0 Å². The quantitative estimate of drug-likeness (QED) is 0.921. The molecule has 0 unspecified atom stereocenters. The molecule has 7 heteroatoms. The predicted octanol–water partition coefficient (Wildman–Crippen LogP) is 1.89. The topological polar surface area (TPSA) is 66.3 Å². The third-order valence-electron chi connectivity index (χ3n) is 4.72. The second-order valence-corrected chi connectivity index (χ2v) is 6.51. The van der Waals surface area contributed by atoms with E-state index in [9.17, 15) is 4.79 Å². The summed E-state index contributed by atoms with van der Waals surface area (Å²) in [4.78, 5) is 16.8. The molecule has 0 radical (unpaired) electrons. The fourth-order valence-electron chi connectivity index (χ4n) is 3.35. The molecule has 1 aliphatic heterocycles. The number of carbonyl (C=O) groups excluding carboxylic acids is 1. The van der Waals surface area contributed by atoms with Crippen LogP contribution in [0, 0.1) is 0 Å². The van der Waals surface area contributed by atoms with E-state index < -0.39 is 0 Å². The van der Waals surface area contributed by atoms with Crippen LogP contribution >= 0.6 is 0 Å². The number of benzene rings is 1. The lowest BCUT2D eigenvalue weighted by Crippen LogP contribution is -2.47. The van der Waals surface area contributed by atoms with Crippen LogP contribution in [0.3, 0.4) is 0 Å². The SMILES string of the molecule is CCc1nncn1CCNC(=O)N1Cc2ccccc2N(C)C[C@H]1C. The highest BCUT2D eigenvalue weighted by Gasteiger charge is 2.26. The lowest BCUT2D eigenvalue weighted by molar-refractivity contribution is 0.178. The zero-order valence-corrected chi connectivity index (χ0v) is 15.1. The number of likely N-dealkylation sites (N-methyl/N-ethyl adjacent to an activating group) is 1. The molecular formula is C18H26N6O. The summed E-state index contributed by atoms with van der Waals surface area (Å²) < 4.78 is 1.98. The Hall–Kier alpha value is -2.57. The first-order valence-corrected chi connectivity index (χ1v) is 8.80. The molecule has 1 N–H and O–H groups in total. The van der Waals surface area contributed by atoms with Crippen LogP contribution in [-0.4, -0.2) is 51.9 Å². The first-order valence-electron chi connectivity index (χ1n) is 8.80. The van der Waals surface area contributed by atoms with Gasteiger partial charge >= 0.3 is 6.03 Å². The molecule has 3 rings (SSSR count). The van der Waals surface area contributed by atoms with Crippen molar-refractivity contribution in [2.24, 2.45) is 0 Å². The van der Waals surface area contributed by atoms with Crippen LogP contribution in [0.5, 0.6) is 0 Å². The molecule has 7 nitrogen and oxygen atoms in total. The number of nitrogens with zero attached hydrogens (tertiary/aromatic N) is 5. The number of hydrogen-bond donors (Lipinski definition) is 1. The Balaban J connectivity index is 1.63. The number of carbonyl (C=O) groups is 1. The van der Waals surface area contributed by atoms with E-state index in [1.807, 2.05) is 28.5 Å². The number of para-hydroxylation sites is 1. The van der Waals surface area contributed by atoms with Crippen LogP contribution in [0.4, 0.5) is 10.5 Å². The Morgan fingerprint density at radius 3 is 2.96 bits per heavy atom. The van der Waals surface area contributed by atoms with Crippen LogP contribution in [0.25, 0.3) is 0 Å². The molecule has 0 saturated carbocycles. The number of aromatic nitrogens is 3. The molecule has 0 aliphatic carbocycles. The van der Waals surface area contributed by atoms with E-state index in [0.29, 0.717) is 19.6 Å². The lowest BCUT2D eigenvalue weighted by atomic mass is 10.1. The van der Waals surface area contributed by atoms with Gasteiger partial charge in [0.15, 0.2) is 0 Å². The summed E-state index contributed by atoms with van der Waals surface area (Å²) in [6, 6.07) is 8.38. The van der Waals surface area contributed by atoms with Crippen LogP contribution in [0.2, 0.25) is 0 Å². The van der Waals surface area contributed by atoms with Gasteiger partial charge in [0.1, 0.15) is 12.2 Å². The minimum Gasteiger partial charge on any atom is -0.372 e. The Bertz CT molecular complexity index is 728. The zero-order chi connectivity index (χ0) is 17.8. The Kier molecular flexibility index (Phi) is 5.21. The molecule has 2 amide bonds. The molecule has 1 aromatic heterocycles. The smallest absolute Gasteiger partial charge is 0.318 e. The van der Waals surface area contributed by atoms with Crippen molar-refractivity contribution in [1.82, 2.24) is 25.0 Å². The largest absolute Gasteiger partial charge is 0.372 e. The molecule has 2 aromatic rings.